The van der Waals surface area contributed by atoms with Crippen LogP contribution < -0.4 is 10.1 Å². The van der Waals surface area contributed by atoms with E-state index in [-0.39, 0.29) is 17.6 Å². The third-order valence-corrected chi connectivity index (χ3v) is 9.78. The van der Waals surface area contributed by atoms with Gasteiger partial charge in [0.1, 0.15) is 17.4 Å². The molecule has 2 aliphatic heterocycles. The maximum absolute atomic E-state index is 13.1. The zero-order chi connectivity index (χ0) is 27.4. The summed E-state index contributed by atoms with van der Waals surface area (Å²) in [5.41, 5.74) is 3.72. The molecule has 0 aliphatic carbocycles. The summed E-state index contributed by atoms with van der Waals surface area (Å²) < 4.78 is 12.0. The second-order valence-electron chi connectivity index (χ2n) is 10.3. The highest BCUT2D eigenvalue weighted by Crippen LogP contribution is 2.47. The number of nitrogens with zero attached hydrogens (tertiary/aromatic N) is 2. The molecular formula is C31H35N3O3S2. The first-order valence-corrected chi connectivity index (χ1v) is 15.3. The highest BCUT2D eigenvalue weighted by Gasteiger charge is 2.44. The van der Waals surface area contributed by atoms with Crippen LogP contribution in [-0.4, -0.2) is 42.9 Å². The lowest BCUT2D eigenvalue weighted by molar-refractivity contribution is -0.131. The Kier molecular flexibility index (Phi) is 8.63. The van der Waals surface area contributed by atoms with Gasteiger partial charge < -0.3 is 14.8 Å². The zero-order valence-corrected chi connectivity index (χ0v) is 24.4. The van der Waals surface area contributed by atoms with Gasteiger partial charge in [-0.1, -0.05) is 25.1 Å². The number of carbonyl (C=O) groups is 1. The van der Waals surface area contributed by atoms with Gasteiger partial charge in [0.2, 0.25) is 0 Å². The van der Waals surface area contributed by atoms with Crippen molar-refractivity contribution in [1.82, 2.24) is 10.2 Å². The van der Waals surface area contributed by atoms with Crippen molar-refractivity contribution in [3.8, 4) is 11.8 Å². The lowest BCUT2D eigenvalue weighted by Crippen LogP contribution is -2.47. The fourth-order valence-electron chi connectivity index (χ4n) is 5.61. The number of nitriles is 1. The lowest BCUT2D eigenvalue weighted by Gasteiger charge is -2.45. The van der Waals surface area contributed by atoms with Crippen LogP contribution in [0.3, 0.4) is 0 Å². The summed E-state index contributed by atoms with van der Waals surface area (Å²) in [4.78, 5) is 18.8. The molecule has 0 bridgehead atoms. The van der Waals surface area contributed by atoms with Crippen LogP contribution in [0.25, 0.3) is 0 Å². The largest absolute Gasteiger partial charge is 0.495 e. The van der Waals surface area contributed by atoms with Gasteiger partial charge in [-0.25, -0.2) is 0 Å². The summed E-state index contributed by atoms with van der Waals surface area (Å²) in [5, 5.41) is 12.4. The van der Waals surface area contributed by atoms with E-state index in [2.05, 4.69) is 60.5 Å². The van der Waals surface area contributed by atoms with Crippen LogP contribution in [0, 0.1) is 11.3 Å². The van der Waals surface area contributed by atoms with Crippen molar-refractivity contribution >= 4 is 29.0 Å². The number of piperidine rings is 1. The number of hydrogen-bond donors (Lipinski definition) is 1. The molecule has 39 heavy (non-hydrogen) atoms. The molecule has 1 saturated heterocycles. The first-order valence-electron chi connectivity index (χ1n) is 13.5. The quantitative estimate of drug-likeness (QED) is 0.334. The molecule has 2 aliphatic rings. The lowest BCUT2D eigenvalue weighted by atomic mass is 9.84. The fraction of sp³-hybridized carbons (Fsp3) is 0.419. The predicted octanol–water partition coefficient (Wildman–Crippen LogP) is 6.12. The van der Waals surface area contributed by atoms with E-state index in [1.54, 1.807) is 18.4 Å². The molecule has 6 nitrogen and oxygen atoms in total. The van der Waals surface area contributed by atoms with E-state index in [0.717, 1.165) is 60.7 Å². The van der Waals surface area contributed by atoms with Gasteiger partial charge in [0.05, 0.1) is 23.7 Å². The molecule has 3 aromatic rings. The van der Waals surface area contributed by atoms with Crippen LogP contribution in [0.15, 0.2) is 53.4 Å². The maximum Gasteiger partial charge on any atom is 0.261 e. The minimum atomic E-state index is -0.332. The number of hydrogen-bond acceptors (Lipinski definition) is 7. The van der Waals surface area contributed by atoms with Crippen molar-refractivity contribution in [3.05, 3.63) is 80.5 Å². The van der Waals surface area contributed by atoms with Gasteiger partial charge in [-0.2, -0.15) is 5.26 Å². The number of likely N-dealkylation sites (tertiary alicyclic amines) is 1. The van der Waals surface area contributed by atoms with Crippen LogP contribution in [0.1, 0.15) is 63.5 Å². The summed E-state index contributed by atoms with van der Waals surface area (Å²) in [6.07, 6.45) is 2.74. The summed E-state index contributed by atoms with van der Waals surface area (Å²) in [6, 6.07) is 18.5. The molecule has 3 heterocycles. The molecule has 8 heteroatoms. The number of ether oxygens (including phenoxy) is 2. The Morgan fingerprint density at radius 1 is 1.21 bits per heavy atom. The summed E-state index contributed by atoms with van der Waals surface area (Å²) in [5.74, 6) is 1.65. The van der Waals surface area contributed by atoms with Gasteiger partial charge in [0.15, 0.2) is 0 Å². The summed E-state index contributed by atoms with van der Waals surface area (Å²) in [7, 11) is 1.60. The third kappa shape index (κ3) is 6.17. The summed E-state index contributed by atoms with van der Waals surface area (Å²) in [6.45, 7) is 7.41. The van der Waals surface area contributed by atoms with Crippen molar-refractivity contribution in [2.24, 2.45) is 0 Å². The third-order valence-electron chi connectivity index (χ3n) is 7.52. The molecule has 0 saturated carbocycles. The molecule has 2 aromatic carbocycles. The molecule has 1 spiro atoms. The van der Waals surface area contributed by atoms with Gasteiger partial charge in [-0.15, -0.1) is 23.1 Å². The number of nitrogens with one attached hydrogen (secondary N) is 1. The Morgan fingerprint density at radius 2 is 1.95 bits per heavy atom. The number of amides is 1. The summed E-state index contributed by atoms with van der Waals surface area (Å²) >= 11 is 3.42. The predicted molar refractivity (Wildman–Crippen MR) is 156 cm³/mol. The first kappa shape index (κ1) is 27.7. The SMILES string of the molecule is CCSc1ccc(CNC(=O)c2cc3c(s2)C2(CCN(Cc4ccc(C#N)c(OC)c4)CC2)OC(C)C3)cc1. The number of carbonyl (C=O) groups excluding carboxylic acids is 1. The monoisotopic (exact) mass is 561 g/mol. The second kappa shape index (κ2) is 12.1. The second-order valence-corrected chi connectivity index (χ2v) is 12.7. The van der Waals surface area contributed by atoms with Gasteiger partial charge in [-0.05, 0) is 79.0 Å². The Balaban J connectivity index is 1.24. The molecule has 1 unspecified atom stereocenters. The van der Waals surface area contributed by atoms with E-state index >= 15 is 0 Å². The van der Waals surface area contributed by atoms with Gasteiger partial charge >= 0.3 is 0 Å². The van der Waals surface area contributed by atoms with Crippen molar-refractivity contribution in [2.75, 3.05) is 26.0 Å². The molecule has 1 aromatic heterocycles. The number of thioether (sulfide) groups is 1. The average molecular weight is 562 g/mol. The Bertz CT molecular complexity index is 1350. The molecule has 5 rings (SSSR count). The van der Waals surface area contributed by atoms with E-state index in [4.69, 9.17) is 9.47 Å². The van der Waals surface area contributed by atoms with Crippen molar-refractivity contribution in [1.29, 1.82) is 5.26 Å². The van der Waals surface area contributed by atoms with E-state index in [9.17, 15) is 10.1 Å². The molecular weight excluding hydrogens is 526 g/mol. The normalized spacial score (nSPS) is 18.4. The van der Waals surface area contributed by atoms with Crippen molar-refractivity contribution in [2.45, 2.75) is 62.8 Å². The van der Waals surface area contributed by atoms with Crippen LogP contribution in [0.4, 0.5) is 0 Å². The number of benzene rings is 2. The van der Waals surface area contributed by atoms with Crippen LogP contribution >= 0.6 is 23.1 Å². The number of thiophene rings is 1. The Labute approximate surface area is 239 Å². The standard InChI is InChI=1S/C31H35N3O3S2/c1-4-38-26-9-6-22(7-10-26)19-33-30(35)28-17-25-15-21(2)37-31(29(25)39-28)11-13-34(14-12-31)20-23-5-8-24(18-32)27(16-23)36-3/h5-10,16-17,21H,4,11-15,19-20H2,1-3H3,(H,33,35). The number of fused-ring (bicyclic) bond motifs is 2. The minimum absolute atomic E-state index is 0.0172. The molecule has 0 radical (unpaired) electrons. The first-order chi connectivity index (χ1) is 18.9. The highest BCUT2D eigenvalue weighted by atomic mass is 32.2. The van der Waals surface area contributed by atoms with Crippen LogP contribution in [0.5, 0.6) is 5.75 Å². The molecule has 204 valence electrons. The fourth-order valence-corrected chi connectivity index (χ4v) is 7.57. The van der Waals surface area contributed by atoms with Crippen molar-refractivity contribution in [3.63, 3.8) is 0 Å². The average Bonchev–Trinajstić information content (AvgIpc) is 3.39. The molecule has 1 fully saturated rings. The van der Waals surface area contributed by atoms with Gasteiger partial charge in [0.25, 0.3) is 5.91 Å². The molecule has 1 atom stereocenters. The maximum atomic E-state index is 13.1. The number of methoxy groups -OCH3 is 1. The van der Waals surface area contributed by atoms with Crippen molar-refractivity contribution < 1.29 is 14.3 Å². The van der Waals surface area contributed by atoms with Crippen LogP contribution in [0.2, 0.25) is 0 Å². The van der Waals surface area contributed by atoms with E-state index in [0.29, 0.717) is 17.9 Å². The van der Waals surface area contributed by atoms with Crippen LogP contribution in [-0.2, 0) is 29.8 Å². The zero-order valence-electron chi connectivity index (χ0n) is 22.8. The van der Waals surface area contributed by atoms with E-state index < -0.39 is 0 Å². The minimum Gasteiger partial charge on any atom is -0.495 e. The van der Waals surface area contributed by atoms with Gasteiger partial charge in [0, 0.05) is 36.0 Å². The Morgan fingerprint density at radius 3 is 2.64 bits per heavy atom. The van der Waals surface area contributed by atoms with Gasteiger partial charge in [-0.3, -0.25) is 9.69 Å². The van der Waals surface area contributed by atoms with E-state index in [1.807, 2.05) is 30.0 Å². The highest BCUT2D eigenvalue weighted by molar-refractivity contribution is 7.99. The smallest absolute Gasteiger partial charge is 0.261 e. The molecule has 1 N–H and O–H groups in total. The number of rotatable bonds is 8. The Hall–Kier alpha value is -2.83. The molecule has 1 amide bonds. The topological polar surface area (TPSA) is 74.6 Å². The van der Waals surface area contributed by atoms with E-state index in [1.165, 1.54) is 15.3 Å².